The van der Waals surface area contributed by atoms with Gasteiger partial charge in [0.05, 0.1) is 6.54 Å². The van der Waals surface area contributed by atoms with Crippen LogP contribution in [-0.2, 0) is 0 Å². The molecule has 0 aromatic heterocycles. The molecular formula is C19H34IN5. The lowest BCUT2D eigenvalue weighted by molar-refractivity contribution is 0.273. The van der Waals surface area contributed by atoms with Gasteiger partial charge in [-0.15, -0.1) is 24.0 Å². The third-order valence-corrected chi connectivity index (χ3v) is 4.90. The average Bonchev–Trinajstić information content (AvgIpc) is 3.05. The second-order valence-electron chi connectivity index (χ2n) is 6.44. The fraction of sp³-hybridized carbons (Fsp3) is 0.632. The Balaban J connectivity index is 0.00000312. The molecule has 1 heterocycles. The topological polar surface area (TPSA) is 56.9 Å². The minimum atomic E-state index is 0. The Kier molecular flexibility index (Phi) is 10.2. The SMILES string of the molecule is CCN(CCNC(N)=NCC1CCCN1CC)c1ccccc1C.I. The molecule has 1 aliphatic rings. The molecule has 1 aromatic carbocycles. The fourth-order valence-corrected chi connectivity index (χ4v) is 3.46. The fourth-order valence-electron chi connectivity index (χ4n) is 3.46. The van der Waals surface area contributed by atoms with Crippen molar-refractivity contribution >= 4 is 35.6 Å². The number of likely N-dealkylation sites (tertiary alicyclic amines) is 1. The molecule has 0 amide bonds. The number of benzene rings is 1. The number of nitrogens with two attached hydrogens (primary N) is 1. The van der Waals surface area contributed by atoms with E-state index < -0.39 is 0 Å². The maximum Gasteiger partial charge on any atom is 0.188 e. The number of hydrogen-bond donors (Lipinski definition) is 2. The number of hydrogen-bond acceptors (Lipinski definition) is 3. The summed E-state index contributed by atoms with van der Waals surface area (Å²) in [5, 5.41) is 3.26. The predicted octanol–water partition coefficient (Wildman–Crippen LogP) is 2.83. The van der Waals surface area contributed by atoms with Crippen molar-refractivity contribution in [3.63, 3.8) is 0 Å². The van der Waals surface area contributed by atoms with E-state index in [1.807, 2.05) is 0 Å². The lowest BCUT2D eigenvalue weighted by atomic mass is 10.2. The molecule has 0 spiro atoms. The standard InChI is InChI=1S/C19H33N5.HI/c1-4-23-13-8-10-17(23)15-22-19(20)21-12-14-24(5-2)18-11-7-6-9-16(18)3;/h6-7,9,11,17H,4-5,8,10,12-15H2,1-3H3,(H3,20,21,22);1H. The molecule has 25 heavy (non-hydrogen) atoms. The Morgan fingerprint density at radius 3 is 2.80 bits per heavy atom. The zero-order valence-corrected chi connectivity index (χ0v) is 18.2. The highest BCUT2D eigenvalue weighted by Crippen LogP contribution is 2.18. The molecule has 6 heteroatoms. The highest BCUT2D eigenvalue weighted by molar-refractivity contribution is 14.0. The van der Waals surface area contributed by atoms with E-state index >= 15 is 0 Å². The second kappa shape index (κ2) is 11.6. The molecule has 0 aliphatic carbocycles. The van der Waals surface area contributed by atoms with Gasteiger partial charge in [0.15, 0.2) is 5.96 Å². The van der Waals surface area contributed by atoms with Crippen LogP contribution in [0.4, 0.5) is 5.69 Å². The summed E-state index contributed by atoms with van der Waals surface area (Å²) in [7, 11) is 0. The van der Waals surface area contributed by atoms with Crippen molar-refractivity contribution in [2.75, 3.05) is 44.2 Å². The van der Waals surface area contributed by atoms with Gasteiger partial charge >= 0.3 is 0 Å². The minimum absolute atomic E-state index is 0. The van der Waals surface area contributed by atoms with E-state index in [1.54, 1.807) is 0 Å². The minimum Gasteiger partial charge on any atom is -0.370 e. The molecule has 1 saturated heterocycles. The number of nitrogens with one attached hydrogen (secondary N) is 1. The Bertz CT molecular complexity index is 534. The highest BCUT2D eigenvalue weighted by Gasteiger charge is 2.22. The van der Waals surface area contributed by atoms with Gasteiger partial charge in [-0.1, -0.05) is 25.1 Å². The van der Waals surface area contributed by atoms with Gasteiger partial charge in [-0.3, -0.25) is 9.89 Å². The first kappa shape index (κ1) is 22.0. The van der Waals surface area contributed by atoms with Crippen LogP contribution in [0.2, 0.25) is 0 Å². The van der Waals surface area contributed by atoms with Gasteiger partial charge in [0.1, 0.15) is 0 Å². The van der Waals surface area contributed by atoms with Crippen molar-refractivity contribution in [1.82, 2.24) is 10.2 Å². The van der Waals surface area contributed by atoms with Crippen LogP contribution in [0.5, 0.6) is 0 Å². The Morgan fingerprint density at radius 2 is 2.12 bits per heavy atom. The van der Waals surface area contributed by atoms with E-state index in [1.165, 1.54) is 30.6 Å². The lowest BCUT2D eigenvalue weighted by Crippen LogP contribution is -2.40. The monoisotopic (exact) mass is 459 g/mol. The van der Waals surface area contributed by atoms with Gasteiger partial charge in [-0.05, 0) is 51.4 Å². The van der Waals surface area contributed by atoms with Crippen molar-refractivity contribution in [2.24, 2.45) is 10.7 Å². The summed E-state index contributed by atoms with van der Waals surface area (Å²) in [6.45, 7) is 12.4. The van der Waals surface area contributed by atoms with Crippen LogP contribution in [-0.4, -0.2) is 56.2 Å². The molecule has 5 nitrogen and oxygen atoms in total. The van der Waals surface area contributed by atoms with E-state index in [0.717, 1.165) is 32.7 Å². The summed E-state index contributed by atoms with van der Waals surface area (Å²) in [4.78, 5) is 9.40. The van der Waals surface area contributed by atoms with Crippen molar-refractivity contribution in [2.45, 2.75) is 39.7 Å². The number of rotatable bonds is 8. The number of nitrogens with zero attached hydrogens (tertiary/aromatic N) is 3. The number of halogens is 1. The Morgan fingerprint density at radius 1 is 1.36 bits per heavy atom. The van der Waals surface area contributed by atoms with E-state index in [9.17, 15) is 0 Å². The first-order chi connectivity index (χ1) is 11.7. The summed E-state index contributed by atoms with van der Waals surface area (Å²) < 4.78 is 0. The first-order valence-electron chi connectivity index (χ1n) is 9.24. The quantitative estimate of drug-likeness (QED) is 0.357. The summed E-state index contributed by atoms with van der Waals surface area (Å²) in [5.41, 5.74) is 8.64. The number of para-hydroxylation sites is 1. The number of aryl methyl sites for hydroxylation is 1. The van der Waals surface area contributed by atoms with Gasteiger partial charge in [-0.2, -0.15) is 0 Å². The van der Waals surface area contributed by atoms with Crippen LogP contribution in [0.15, 0.2) is 29.3 Å². The van der Waals surface area contributed by atoms with Gasteiger partial charge in [0.2, 0.25) is 0 Å². The maximum absolute atomic E-state index is 6.04. The van der Waals surface area contributed by atoms with Gasteiger partial charge in [-0.25, -0.2) is 0 Å². The zero-order valence-electron chi connectivity index (χ0n) is 15.9. The summed E-state index contributed by atoms with van der Waals surface area (Å²) in [6, 6.07) is 9.07. The van der Waals surface area contributed by atoms with Crippen LogP contribution >= 0.6 is 24.0 Å². The third kappa shape index (κ3) is 6.66. The molecule has 0 bridgehead atoms. The molecular weight excluding hydrogens is 425 g/mol. The molecule has 142 valence electrons. The number of guanidine groups is 1. The molecule has 2 rings (SSSR count). The van der Waals surface area contributed by atoms with E-state index in [0.29, 0.717) is 12.0 Å². The summed E-state index contributed by atoms with van der Waals surface area (Å²) >= 11 is 0. The van der Waals surface area contributed by atoms with Crippen LogP contribution in [0, 0.1) is 6.92 Å². The molecule has 3 N–H and O–H groups in total. The predicted molar refractivity (Wildman–Crippen MR) is 119 cm³/mol. The molecule has 1 aliphatic heterocycles. The first-order valence-corrected chi connectivity index (χ1v) is 9.24. The third-order valence-electron chi connectivity index (χ3n) is 4.90. The van der Waals surface area contributed by atoms with Crippen molar-refractivity contribution in [3.05, 3.63) is 29.8 Å². The van der Waals surface area contributed by atoms with Crippen LogP contribution in [0.25, 0.3) is 0 Å². The molecule has 0 radical (unpaired) electrons. The second-order valence-corrected chi connectivity index (χ2v) is 6.44. The Hall–Kier alpha value is -1.02. The largest absolute Gasteiger partial charge is 0.370 e. The van der Waals surface area contributed by atoms with E-state index in [4.69, 9.17) is 5.73 Å². The van der Waals surface area contributed by atoms with E-state index in [2.05, 4.69) is 65.1 Å². The van der Waals surface area contributed by atoms with E-state index in [-0.39, 0.29) is 24.0 Å². The number of likely N-dealkylation sites (N-methyl/N-ethyl adjacent to an activating group) is 2. The van der Waals surface area contributed by atoms with Crippen molar-refractivity contribution in [3.8, 4) is 0 Å². The average molecular weight is 459 g/mol. The van der Waals surface area contributed by atoms with Gasteiger partial charge in [0, 0.05) is 31.4 Å². The normalized spacial score (nSPS) is 18.0. The maximum atomic E-state index is 6.04. The van der Waals surface area contributed by atoms with Crippen LogP contribution in [0.1, 0.15) is 32.3 Å². The van der Waals surface area contributed by atoms with Crippen LogP contribution < -0.4 is 16.0 Å². The highest BCUT2D eigenvalue weighted by atomic mass is 127. The molecule has 1 unspecified atom stereocenters. The molecule has 0 saturated carbocycles. The summed E-state index contributed by atoms with van der Waals surface area (Å²) in [6.07, 6.45) is 2.52. The van der Waals surface area contributed by atoms with Crippen molar-refractivity contribution < 1.29 is 0 Å². The van der Waals surface area contributed by atoms with Gasteiger partial charge in [0.25, 0.3) is 0 Å². The van der Waals surface area contributed by atoms with Crippen molar-refractivity contribution in [1.29, 1.82) is 0 Å². The number of aliphatic imine (C=N–C) groups is 1. The molecule has 1 atom stereocenters. The van der Waals surface area contributed by atoms with Crippen LogP contribution in [0.3, 0.4) is 0 Å². The summed E-state index contributed by atoms with van der Waals surface area (Å²) in [5.74, 6) is 0.568. The van der Waals surface area contributed by atoms with Gasteiger partial charge < -0.3 is 16.0 Å². The molecule has 1 aromatic rings. The molecule has 1 fully saturated rings. The smallest absolute Gasteiger partial charge is 0.188 e. The lowest BCUT2D eigenvalue weighted by Gasteiger charge is -2.25. The zero-order chi connectivity index (χ0) is 17.4. The Labute approximate surface area is 170 Å². The number of anilines is 1.